The Bertz CT molecular complexity index is 686. The second-order valence-corrected chi connectivity index (χ2v) is 5.33. The van der Waals surface area contributed by atoms with Gasteiger partial charge in [-0.25, -0.2) is 9.97 Å². The molecule has 0 aliphatic heterocycles. The van der Waals surface area contributed by atoms with Crippen molar-refractivity contribution in [3.05, 3.63) is 41.5 Å². The summed E-state index contributed by atoms with van der Waals surface area (Å²) in [7, 11) is 1.87. The Morgan fingerprint density at radius 2 is 1.94 bits per heavy atom. The minimum atomic E-state index is 0.879. The van der Waals surface area contributed by atoms with Crippen LogP contribution >= 0.6 is 11.3 Å². The number of hydrogen-bond acceptors (Lipinski definition) is 4. The minimum Gasteiger partial charge on any atom is -0.373 e. The lowest BCUT2D eigenvalue weighted by Gasteiger charge is -2.03. The molecule has 0 atom stereocenters. The van der Waals surface area contributed by atoms with Crippen molar-refractivity contribution in [2.24, 2.45) is 0 Å². The van der Waals surface area contributed by atoms with Crippen molar-refractivity contribution >= 4 is 27.4 Å². The number of hydrogen-bond donors (Lipinski definition) is 1. The first-order valence-corrected chi connectivity index (χ1v) is 6.59. The van der Waals surface area contributed by atoms with Crippen molar-refractivity contribution < 1.29 is 0 Å². The number of aryl methyl sites for hydroxylation is 1. The zero-order chi connectivity index (χ0) is 12.5. The molecule has 0 radical (unpaired) electrons. The second-order valence-electron chi connectivity index (χ2n) is 4.10. The summed E-state index contributed by atoms with van der Waals surface area (Å²) in [6.07, 6.45) is 1.88. The van der Waals surface area contributed by atoms with Crippen LogP contribution in [0.2, 0.25) is 0 Å². The zero-order valence-corrected chi connectivity index (χ0v) is 11.1. The molecule has 3 aromatic rings. The van der Waals surface area contributed by atoms with E-state index in [-0.39, 0.29) is 0 Å². The Labute approximate surface area is 110 Å². The van der Waals surface area contributed by atoms with E-state index >= 15 is 0 Å². The molecule has 3 nitrogen and oxygen atoms in total. The number of rotatable bonds is 2. The van der Waals surface area contributed by atoms with Crippen LogP contribution < -0.4 is 5.32 Å². The Balaban J connectivity index is 2.06. The van der Waals surface area contributed by atoms with Gasteiger partial charge in [0.15, 0.2) is 0 Å². The molecule has 0 saturated heterocycles. The Kier molecular flexibility index (Phi) is 2.72. The van der Waals surface area contributed by atoms with E-state index in [1.54, 1.807) is 11.3 Å². The fourth-order valence-corrected chi connectivity index (χ4v) is 2.74. The molecule has 0 spiro atoms. The molecule has 0 aliphatic carbocycles. The molecule has 0 bridgehead atoms. The first-order chi connectivity index (χ1) is 8.76. The highest BCUT2D eigenvalue weighted by Crippen LogP contribution is 2.27. The van der Waals surface area contributed by atoms with Gasteiger partial charge in [0.05, 0.1) is 15.2 Å². The monoisotopic (exact) mass is 255 g/mol. The van der Waals surface area contributed by atoms with Gasteiger partial charge in [-0.05, 0) is 36.8 Å². The van der Waals surface area contributed by atoms with Crippen molar-refractivity contribution in [1.82, 2.24) is 9.97 Å². The van der Waals surface area contributed by atoms with E-state index in [1.165, 1.54) is 4.70 Å². The standard InChI is InChI=1S/C14H13N3S/c1-9-17-12-7-10(3-5-13(12)18-9)11-4-6-14(15-2)16-8-11/h3-8H,1-2H3,(H,15,16). The zero-order valence-electron chi connectivity index (χ0n) is 10.3. The number of nitrogens with one attached hydrogen (secondary N) is 1. The number of pyridine rings is 1. The van der Waals surface area contributed by atoms with E-state index in [4.69, 9.17) is 0 Å². The normalized spacial score (nSPS) is 10.8. The van der Waals surface area contributed by atoms with Crippen LogP contribution in [0.25, 0.3) is 21.3 Å². The van der Waals surface area contributed by atoms with Crippen molar-refractivity contribution in [2.75, 3.05) is 12.4 Å². The van der Waals surface area contributed by atoms with Crippen molar-refractivity contribution in [2.45, 2.75) is 6.92 Å². The van der Waals surface area contributed by atoms with E-state index in [1.807, 2.05) is 26.2 Å². The topological polar surface area (TPSA) is 37.8 Å². The largest absolute Gasteiger partial charge is 0.373 e. The summed E-state index contributed by atoms with van der Waals surface area (Å²) in [6.45, 7) is 2.04. The van der Waals surface area contributed by atoms with Crippen LogP contribution in [0.5, 0.6) is 0 Å². The van der Waals surface area contributed by atoms with E-state index < -0.39 is 0 Å². The van der Waals surface area contributed by atoms with Gasteiger partial charge in [0.25, 0.3) is 0 Å². The predicted octanol–water partition coefficient (Wildman–Crippen LogP) is 3.71. The lowest BCUT2D eigenvalue weighted by atomic mass is 10.1. The molecule has 0 fully saturated rings. The summed E-state index contributed by atoms with van der Waals surface area (Å²) < 4.78 is 1.23. The van der Waals surface area contributed by atoms with Crippen molar-refractivity contribution in [3.63, 3.8) is 0 Å². The number of thiazole rings is 1. The van der Waals surface area contributed by atoms with Crippen LogP contribution in [0.15, 0.2) is 36.5 Å². The maximum atomic E-state index is 4.52. The number of aromatic nitrogens is 2. The van der Waals surface area contributed by atoms with Crippen LogP contribution in [-0.2, 0) is 0 Å². The van der Waals surface area contributed by atoms with Gasteiger partial charge >= 0.3 is 0 Å². The van der Waals surface area contributed by atoms with Crippen LogP contribution in [0.4, 0.5) is 5.82 Å². The molecule has 1 aromatic carbocycles. The van der Waals surface area contributed by atoms with Gasteiger partial charge in [-0.15, -0.1) is 11.3 Å². The van der Waals surface area contributed by atoms with Crippen LogP contribution in [0.3, 0.4) is 0 Å². The highest BCUT2D eigenvalue weighted by atomic mass is 32.1. The van der Waals surface area contributed by atoms with Crippen molar-refractivity contribution in [1.29, 1.82) is 0 Å². The third kappa shape index (κ3) is 1.95. The summed E-state index contributed by atoms with van der Waals surface area (Å²) in [6, 6.07) is 10.4. The molecule has 0 saturated carbocycles. The van der Waals surface area contributed by atoms with Gasteiger partial charge in [0.2, 0.25) is 0 Å². The maximum absolute atomic E-state index is 4.52. The van der Waals surface area contributed by atoms with E-state index in [2.05, 4.69) is 39.6 Å². The molecule has 1 N–H and O–H groups in total. The smallest absolute Gasteiger partial charge is 0.125 e. The van der Waals surface area contributed by atoms with Gasteiger partial charge in [0.1, 0.15) is 5.82 Å². The Morgan fingerprint density at radius 3 is 2.67 bits per heavy atom. The molecule has 90 valence electrons. The summed E-state index contributed by atoms with van der Waals surface area (Å²) in [5.74, 6) is 0.879. The number of anilines is 1. The molecule has 0 unspecified atom stereocenters. The number of fused-ring (bicyclic) bond motifs is 1. The van der Waals surface area contributed by atoms with Crippen LogP contribution in [0, 0.1) is 6.92 Å². The fraction of sp³-hybridized carbons (Fsp3) is 0.143. The summed E-state index contributed by atoms with van der Waals surface area (Å²) in [5, 5.41) is 4.12. The first kappa shape index (κ1) is 11.2. The highest BCUT2D eigenvalue weighted by molar-refractivity contribution is 7.18. The summed E-state index contributed by atoms with van der Waals surface area (Å²) in [4.78, 5) is 8.85. The Hall–Kier alpha value is -1.94. The molecular formula is C14H13N3S. The predicted molar refractivity (Wildman–Crippen MR) is 77.1 cm³/mol. The number of nitrogens with zero attached hydrogens (tertiary/aromatic N) is 2. The number of benzene rings is 1. The highest BCUT2D eigenvalue weighted by Gasteiger charge is 2.04. The molecule has 4 heteroatoms. The summed E-state index contributed by atoms with van der Waals surface area (Å²) >= 11 is 1.73. The first-order valence-electron chi connectivity index (χ1n) is 5.77. The minimum absolute atomic E-state index is 0.879. The van der Waals surface area contributed by atoms with Crippen LogP contribution in [-0.4, -0.2) is 17.0 Å². The van der Waals surface area contributed by atoms with E-state index in [0.717, 1.165) is 27.5 Å². The maximum Gasteiger partial charge on any atom is 0.125 e. The van der Waals surface area contributed by atoms with Gasteiger partial charge in [-0.2, -0.15) is 0 Å². The molecule has 2 heterocycles. The lowest BCUT2D eigenvalue weighted by Crippen LogP contribution is -1.91. The summed E-state index contributed by atoms with van der Waals surface area (Å²) in [5.41, 5.74) is 3.33. The fourth-order valence-electron chi connectivity index (χ4n) is 1.93. The quantitative estimate of drug-likeness (QED) is 0.758. The van der Waals surface area contributed by atoms with Gasteiger partial charge in [0, 0.05) is 18.8 Å². The lowest BCUT2D eigenvalue weighted by molar-refractivity contribution is 1.29. The average Bonchev–Trinajstić information content (AvgIpc) is 2.78. The second kappa shape index (κ2) is 4.38. The van der Waals surface area contributed by atoms with Gasteiger partial charge in [-0.1, -0.05) is 6.07 Å². The van der Waals surface area contributed by atoms with Crippen LogP contribution in [0.1, 0.15) is 5.01 Å². The van der Waals surface area contributed by atoms with E-state index in [0.29, 0.717) is 0 Å². The van der Waals surface area contributed by atoms with E-state index in [9.17, 15) is 0 Å². The van der Waals surface area contributed by atoms with Crippen molar-refractivity contribution in [3.8, 4) is 11.1 Å². The SMILES string of the molecule is CNc1ccc(-c2ccc3sc(C)nc3c2)cn1. The third-order valence-corrected chi connectivity index (χ3v) is 3.80. The molecule has 0 amide bonds. The molecule has 3 rings (SSSR count). The molecular weight excluding hydrogens is 242 g/mol. The van der Waals surface area contributed by atoms with Gasteiger partial charge < -0.3 is 5.32 Å². The molecule has 2 aromatic heterocycles. The average molecular weight is 255 g/mol. The van der Waals surface area contributed by atoms with Gasteiger partial charge in [-0.3, -0.25) is 0 Å². The molecule has 18 heavy (non-hydrogen) atoms. The third-order valence-electron chi connectivity index (χ3n) is 2.85. The Morgan fingerprint density at radius 1 is 1.11 bits per heavy atom. The molecule has 0 aliphatic rings.